The minimum Gasteiger partial charge on any atom is -0.497 e. The number of benzene rings is 1. The number of rotatable bonds is 3. The zero-order chi connectivity index (χ0) is 19.1. The van der Waals surface area contributed by atoms with Crippen molar-refractivity contribution in [3.8, 4) is 5.75 Å². The number of likely N-dealkylation sites (tertiary alicyclic amines) is 2. The number of hydrogen-bond acceptors (Lipinski definition) is 4. The Labute approximate surface area is 171 Å². The van der Waals surface area contributed by atoms with Crippen molar-refractivity contribution in [1.29, 1.82) is 0 Å². The number of nitrogens with zero attached hydrogens (tertiary/aromatic N) is 3. The minimum atomic E-state index is -0.156. The van der Waals surface area contributed by atoms with E-state index in [9.17, 15) is 9.59 Å². The SMILES string of the molecule is COc1ccc([C@H]2[C@@H]3CN(C(=O)c4ccn(C)c(=O)c4)C[C@@H]3CN2C)cc1.Cl. The van der Waals surface area contributed by atoms with Gasteiger partial charge < -0.3 is 14.2 Å². The Balaban J connectivity index is 0.00000225. The van der Waals surface area contributed by atoms with Gasteiger partial charge in [-0.2, -0.15) is 0 Å². The van der Waals surface area contributed by atoms with E-state index >= 15 is 0 Å². The molecule has 0 aliphatic carbocycles. The van der Waals surface area contributed by atoms with Gasteiger partial charge >= 0.3 is 0 Å². The fourth-order valence-electron chi connectivity index (χ4n) is 4.59. The number of carbonyl (C=O) groups excluding carboxylic acids is 1. The van der Waals surface area contributed by atoms with Crippen molar-refractivity contribution in [2.75, 3.05) is 33.8 Å². The molecule has 1 aromatic carbocycles. The van der Waals surface area contributed by atoms with Crippen LogP contribution in [0.25, 0.3) is 0 Å². The normalized spacial score (nSPS) is 24.0. The summed E-state index contributed by atoms with van der Waals surface area (Å²) in [7, 11) is 5.51. The molecule has 7 heteroatoms. The summed E-state index contributed by atoms with van der Waals surface area (Å²) in [6.07, 6.45) is 1.65. The second-order valence-corrected chi connectivity index (χ2v) is 7.66. The van der Waals surface area contributed by atoms with Gasteiger partial charge in [-0.25, -0.2) is 0 Å². The quantitative estimate of drug-likeness (QED) is 0.788. The van der Waals surface area contributed by atoms with Gasteiger partial charge in [0.05, 0.1) is 7.11 Å². The molecule has 1 amide bonds. The maximum Gasteiger partial charge on any atom is 0.254 e. The highest BCUT2D eigenvalue weighted by atomic mass is 35.5. The lowest BCUT2D eigenvalue weighted by Gasteiger charge is -2.27. The first-order valence-electron chi connectivity index (χ1n) is 9.28. The summed E-state index contributed by atoms with van der Waals surface area (Å²) in [5.74, 6) is 1.67. The average Bonchev–Trinajstić information content (AvgIpc) is 3.20. The van der Waals surface area contributed by atoms with Gasteiger partial charge in [0.2, 0.25) is 0 Å². The first-order chi connectivity index (χ1) is 13.0. The number of aryl methyl sites for hydroxylation is 1. The first kappa shape index (κ1) is 20.4. The van der Waals surface area contributed by atoms with Crippen LogP contribution in [0.1, 0.15) is 22.0 Å². The van der Waals surface area contributed by atoms with Crippen LogP contribution in [0.2, 0.25) is 0 Å². The third-order valence-corrected chi connectivity index (χ3v) is 5.99. The van der Waals surface area contributed by atoms with Crippen LogP contribution in [-0.2, 0) is 7.05 Å². The summed E-state index contributed by atoms with van der Waals surface area (Å²) in [5.41, 5.74) is 1.58. The summed E-state index contributed by atoms with van der Waals surface area (Å²) in [5, 5.41) is 0. The molecule has 2 fully saturated rings. The second kappa shape index (κ2) is 7.97. The standard InChI is InChI=1S/C21H25N3O3.ClH/c1-22-9-8-15(10-19(22)25)21(26)24-12-16-11-23(2)20(18(16)13-24)14-4-6-17(27-3)7-5-14;/h4-10,16,18,20H,11-13H2,1-3H3;1H/t16-,18+,20-;/m0./s1. The molecule has 0 bridgehead atoms. The van der Waals surface area contributed by atoms with E-state index in [2.05, 4.69) is 24.1 Å². The van der Waals surface area contributed by atoms with Crippen LogP contribution in [0.3, 0.4) is 0 Å². The topological polar surface area (TPSA) is 54.8 Å². The molecule has 0 N–H and O–H groups in total. The monoisotopic (exact) mass is 403 g/mol. The highest BCUT2D eigenvalue weighted by molar-refractivity contribution is 5.94. The van der Waals surface area contributed by atoms with Crippen molar-refractivity contribution < 1.29 is 9.53 Å². The zero-order valence-corrected chi connectivity index (χ0v) is 17.2. The van der Waals surface area contributed by atoms with Crippen molar-refractivity contribution in [3.05, 3.63) is 64.1 Å². The zero-order valence-electron chi connectivity index (χ0n) is 16.4. The second-order valence-electron chi connectivity index (χ2n) is 7.66. The molecule has 0 radical (unpaired) electrons. The number of methoxy groups -OCH3 is 1. The minimum absolute atomic E-state index is 0. The van der Waals surface area contributed by atoms with Crippen molar-refractivity contribution in [2.45, 2.75) is 6.04 Å². The maximum absolute atomic E-state index is 12.9. The lowest BCUT2D eigenvalue weighted by molar-refractivity contribution is 0.0767. The molecule has 2 saturated heterocycles. The number of aromatic nitrogens is 1. The third-order valence-electron chi connectivity index (χ3n) is 5.99. The Morgan fingerprint density at radius 2 is 1.79 bits per heavy atom. The van der Waals surface area contributed by atoms with E-state index in [0.29, 0.717) is 23.4 Å². The van der Waals surface area contributed by atoms with Crippen LogP contribution < -0.4 is 10.3 Å². The summed E-state index contributed by atoms with van der Waals surface area (Å²) < 4.78 is 6.74. The Morgan fingerprint density at radius 3 is 2.43 bits per heavy atom. The molecule has 4 rings (SSSR count). The summed E-state index contributed by atoms with van der Waals surface area (Å²) in [6.45, 7) is 2.44. The Kier molecular flexibility index (Phi) is 5.82. The predicted molar refractivity (Wildman–Crippen MR) is 110 cm³/mol. The Bertz CT molecular complexity index is 912. The summed E-state index contributed by atoms with van der Waals surface area (Å²) >= 11 is 0. The van der Waals surface area contributed by atoms with Gasteiger partial charge in [0.1, 0.15) is 5.75 Å². The number of amides is 1. The fraction of sp³-hybridized carbons (Fsp3) is 0.429. The van der Waals surface area contributed by atoms with Gasteiger partial charge in [-0.1, -0.05) is 12.1 Å². The van der Waals surface area contributed by atoms with Gasteiger partial charge in [-0.15, -0.1) is 12.4 Å². The van der Waals surface area contributed by atoms with Gasteiger partial charge in [0.25, 0.3) is 11.5 Å². The van der Waals surface area contributed by atoms with Crippen molar-refractivity contribution >= 4 is 18.3 Å². The van der Waals surface area contributed by atoms with Gasteiger partial charge in [0, 0.05) is 56.5 Å². The molecular weight excluding hydrogens is 378 g/mol. The van der Waals surface area contributed by atoms with Gasteiger partial charge in [-0.3, -0.25) is 14.5 Å². The first-order valence-corrected chi connectivity index (χ1v) is 9.28. The maximum atomic E-state index is 12.9. The predicted octanol–water partition coefficient (Wildman–Crippen LogP) is 2.19. The molecule has 2 aromatic rings. The van der Waals surface area contributed by atoms with Gasteiger partial charge in [-0.05, 0) is 36.7 Å². The van der Waals surface area contributed by atoms with Crippen LogP contribution in [0.5, 0.6) is 5.75 Å². The van der Waals surface area contributed by atoms with Crippen molar-refractivity contribution in [1.82, 2.24) is 14.4 Å². The molecule has 3 heterocycles. The van der Waals surface area contributed by atoms with E-state index in [1.54, 1.807) is 26.4 Å². The van der Waals surface area contributed by atoms with Gasteiger partial charge in [0.15, 0.2) is 0 Å². The van der Waals surface area contributed by atoms with E-state index in [0.717, 1.165) is 25.4 Å². The third kappa shape index (κ3) is 3.54. The molecule has 6 nitrogen and oxygen atoms in total. The molecule has 0 unspecified atom stereocenters. The van der Waals surface area contributed by atoms with Crippen LogP contribution in [0, 0.1) is 11.8 Å². The van der Waals surface area contributed by atoms with E-state index in [1.165, 1.54) is 16.2 Å². The molecule has 0 saturated carbocycles. The number of fused-ring (bicyclic) bond motifs is 1. The highest BCUT2D eigenvalue weighted by Crippen LogP contribution is 2.44. The van der Waals surface area contributed by atoms with E-state index in [4.69, 9.17) is 4.74 Å². The number of carbonyl (C=O) groups is 1. The molecule has 2 aliphatic rings. The number of hydrogen-bond donors (Lipinski definition) is 0. The molecule has 150 valence electrons. The van der Waals surface area contributed by atoms with Crippen molar-refractivity contribution in [3.63, 3.8) is 0 Å². The largest absolute Gasteiger partial charge is 0.497 e. The number of ether oxygens (including phenoxy) is 1. The van der Waals surface area contributed by atoms with Crippen molar-refractivity contribution in [2.24, 2.45) is 18.9 Å². The van der Waals surface area contributed by atoms with E-state index in [1.807, 2.05) is 17.0 Å². The number of pyridine rings is 1. The van der Waals surface area contributed by atoms with Crippen LogP contribution in [-0.4, -0.2) is 54.1 Å². The summed E-state index contributed by atoms with van der Waals surface area (Å²) in [4.78, 5) is 29.1. The Morgan fingerprint density at radius 1 is 1.07 bits per heavy atom. The average molecular weight is 404 g/mol. The molecule has 3 atom stereocenters. The van der Waals surface area contributed by atoms with E-state index < -0.39 is 0 Å². The smallest absolute Gasteiger partial charge is 0.254 e. The molecular formula is C21H26ClN3O3. The lowest BCUT2D eigenvalue weighted by atomic mass is 9.89. The Hall–Kier alpha value is -2.31. The molecule has 0 spiro atoms. The highest BCUT2D eigenvalue weighted by Gasteiger charge is 2.47. The van der Waals surface area contributed by atoms with Crippen LogP contribution in [0.4, 0.5) is 0 Å². The van der Waals surface area contributed by atoms with E-state index in [-0.39, 0.29) is 23.9 Å². The molecule has 28 heavy (non-hydrogen) atoms. The van der Waals surface area contributed by atoms with Crippen LogP contribution >= 0.6 is 12.4 Å². The molecule has 1 aromatic heterocycles. The fourth-order valence-corrected chi connectivity index (χ4v) is 4.59. The number of halogens is 1. The van der Waals surface area contributed by atoms with Crippen LogP contribution in [0.15, 0.2) is 47.4 Å². The summed E-state index contributed by atoms with van der Waals surface area (Å²) in [6, 6.07) is 11.7. The lowest BCUT2D eigenvalue weighted by Crippen LogP contribution is -2.34. The molecule has 2 aliphatic heterocycles.